The Morgan fingerprint density at radius 1 is 1.22 bits per heavy atom. The topological polar surface area (TPSA) is 42.3 Å². The summed E-state index contributed by atoms with van der Waals surface area (Å²) in [5.74, 6) is -0.172. The smallest absolute Gasteiger partial charge is 0.263 e. The van der Waals surface area contributed by atoms with Gasteiger partial charge < -0.3 is 9.47 Å². The molecule has 1 aromatic carbocycles. The van der Waals surface area contributed by atoms with Crippen LogP contribution in [0.1, 0.15) is 46.1 Å². The molecule has 4 rings (SSSR count). The summed E-state index contributed by atoms with van der Waals surface area (Å²) in [4.78, 5) is 27.1. The highest BCUT2D eigenvalue weighted by Gasteiger charge is 2.30. The van der Waals surface area contributed by atoms with E-state index in [1.54, 1.807) is 17.2 Å². The molecule has 2 heterocycles. The normalized spacial score (nSPS) is 16.5. The lowest BCUT2D eigenvalue weighted by Crippen LogP contribution is -2.33. The van der Waals surface area contributed by atoms with Gasteiger partial charge in [-0.15, -0.1) is 0 Å². The highest BCUT2D eigenvalue weighted by molar-refractivity contribution is 6.07. The fourth-order valence-corrected chi connectivity index (χ4v) is 3.52. The number of fused-ring (bicyclic) bond motifs is 1. The summed E-state index contributed by atoms with van der Waals surface area (Å²) >= 11 is 0. The van der Waals surface area contributed by atoms with Gasteiger partial charge in [-0.25, -0.2) is 0 Å². The average molecular weight is 308 g/mol. The lowest BCUT2D eigenvalue weighted by molar-refractivity contribution is 0.0987. The Bertz CT molecular complexity index is 862. The molecule has 1 aromatic heterocycles. The minimum absolute atomic E-state index is 0.172. The molecule has 118 valence electrons. The molecule has 4 heteroatoms. The Balaban J connectivity index is 1.75. The largest absolute Gasteiger partial charge is 0.348 e. The van der Waals surface area contributed by atoms with Crippen LogP contribution in [0.2, 0.25) is 0 Å². The third-order valence-corrected chi connectivity index (χ3v) is 4.96. The van der Waals surface area contributed by atoms with Crippen molar-refractivity contribution in [1.82, 2.24) is 4.57 Å². The summed E-state index contributed by atoms with van der Waals surface area (Å²) in [6, 6.07) is 8.06. The number of hydrogen-bond donors (Lipinski definition) is 0. The van der Waals surface area contributed by atoms with Gasteiger partial charge in [0.15, 0.2) is 5.43 Å². The number of aryl methyl sites for hydroxylation is 2. The molecule has 1 amide bonds. The Kier molecular flexibility index (Phi) is 3.15. The third kappa shape index (κ3) is 2.29. The van der Waals surface area contributed by atoms with E-state index < -0.39 is 0 Å². The van der Waals surface area contributed by atoms with E-state index in [0.29, 0.717) is 12.6 Å². The number of benzene rings is 1. The molecule has 1 saturated carbocycles. The van der Waals surface area contributed by atoms with Crippen LogP contribution >= 0.6 is 0 Å². The van der Waals surface area contributed by atoms with Crippen molar-refractivity contribution in [2.75, 3.05) is 11.4 Å². The Hall–Kier alpha value is -2.36. The van der Waals surface area contributed by atoms with Gasteiger partial charge in [-0.3, -0.25) is 9.59 Å². The number of carbonyl (C=O) groups is 1. The second-order valence-electron chi connectivity index (χ2n) is 6.61. The van der Waals surface area contributed by atoms with E-state index in [1.807, 2.05) is 19.1 Å². The molecule has 1 aliphatic carbocycles. The van der Waals surface area contributed by atoms with Crippen LogP contribution in [0.3, 0.4) is 0 Å². The van der Waals surface area contributed by atoms with Crippen molar-refractivity contribution in [3.8, 4) is 0 Å². The van der Waals surface area contributed by atoms with Crippen molar-refractivity contribution >= 4 is 11.6 Å². The molecule has 0 saturated heterocycles. The van der Waals surface area contributed by atoms with Crippen molar-refractivity contribution in [3.05, 3.63) is 63.1 Å². The molecule has 4 nitrogen and oxygen atoms in total. The summed E-state index contributed by atoms with van der Waals surface area (Å²) in [6.45, 7) is 4.65. The molecule has 0 bridgehead atoms. The molecular weight excluding hydrogens is 288 g/mol. The highest BCUT2D eigenvalue weighted by Crippen LogP contribution is 2.36. The van der Waals surface area contributed by atoms with Crippen LogP contribution in [-0.2, 0) is 6.42 Å². The van der Waals surface area contributed by atoms with Crippen molar-refractivity contribution in [2.24, 2.45) is 0 Å². The standard InChI is InChI=1S/C19H20N2O2/c1-12-4-3-5-17-15(12)8-9-20(17)19(23)16-11-21(14-6-7-14)13(2)10-18(16)22/h3-5,10-11,14H,6-9H2,1-2H3. The van der Waals surface area contributed by atoms with Gasteiger partial charge in [-0.1, -0.05) is 12.1 Å². The number of pyridine rings is 1. The van der Waals surface area contributed by atoms with Gasteiger partial charge in [0.2, 0.25) is 0 Å². The molecule has 0 atom stereocenters. The first-order valence-corrected chi connectivity index (χ1v) is 8.19. The molecule has 0 unspecified atom stereocenters. The highest BCUT2D eigenvalue weighted by atomic mass is 16.2. The quantitative estimate of drug-likeness (QED) is 0.856. The lowest BCUT2D eigenvalue weighted by atomic mass is 10.1. The van der Waals surface area contributed by atoms with Crippen molar-refractivity contribution in [1.29, 1.82) is 0 Å². The second kappa shape index (κ2) is 5.08. The summed E-state index contributed by atoms with van der Waals surface area (Å²) < 4.78 is 2.09. The number of amides is 1. The van der Waals surface area contributed by atoms with Crippen molar-refractivity contribution in [2.45, 2.75) is 39.2 Å². The van der Waals surface area contributed by atoms with Gasteiger partial charge in [0, 0.05) is 36.2 Å². The van der Waals surface area contributed by atoms with Crippen LogP contribution in [0, 0.1) is 13.8 Å². The molecule has 0 N–H and O–H groups in total. The van der Waals surface area contributed by atoms with Crippen LogP contribution < -0.4 is 10.3 Å². The first kappa shape index (κ1) is 14.2. The van der Waals surface area contributed by atoms with Crippen LogP contribution in [0.5, 0.6) is 0 Å². The zero-order valence-electron chi connectivity index (χ0n) is 13.5. The van der Waals surface area contributed by atoms with E-state index in [1.165, 1.54) is 11.1 Å². The predicted octanol–water partition coefficient (Wildman–Crippen LogP) is 3.00. The van der Waals surface area contributed by atoms with E-state index in [4.69, 9.17) is 0 Å². The molecule has 1 aliphatic heterocycles. The number of anilines is 1. The average Bonchev–Trinajstić information content (AvgIpc) is 3.25. The molecule has 1 fully saturated rings. The maximum Gasteiger partial charge on any atom is 0.263 e. The van der Waals surface area contributed by atoms with Crippen LogP contribution in [-0.4, -0.2) is 17.0 Å². The number of aromatic nitrogens is 1. The van der Waals surface area contributed by atoms with E-state index in [0.717, 1.165) is 30.6 Å². The molecule has 2 aliphatic rings. The maximum atomic E-state index is 13.0. The fourth-order valence-electron chi connectivity index (χ4n) is 3.52. The number of carbonyl (C=O) groups excluding carboxylic acids is 1. The van der Waals surface area contributed by atoms with E-state index in [2.05, 4.69) is 17.6 Å². The zero-order valence-corrected chi connectivity index (χ0v) is 13.5. The molecule has 0 radical (unpaired) electrons. The van der Waals surface area contributed by atoms with Crippen LogP contribution in [0.4, 0.5) is 5.69 Å². The number of rotatable bonds is 2. The zero-order chi connectivity index (χ0) is 16.1. The third-order valence-electron chi connectivity index (χ3n) is 4.96. The minimum Gasteiger partial charge on any atom is -0.348 e. The van der Waals surface area contributed by atoms with Crippen molar-refractivity contribution in [3.63, 3.8) is 0 Å². The minimum atomic E-state index is -0.175. The fraction of sp³-hybridized carbons (Fsp3) is 0.368. The Morgan fingerprint density at radius 3 is 2.74 bits per heavy atom. The maximum absolute atomic E-state index is 13.0. The molecule has 2 aromatic rings. The van der Waals surface area contributed by atoms with Crippen LogP contribution in [0.25, 0.3) is 0 Å². The second-order valence-corrected chi connectivity index (χ2v) is 6.61. The van der Waals surface area contributed by atoms with E-state index in [9.17, 15) is 9.59 Å². The Labute approximate surface area is 135 Å². The predicted molar refractivity (Wildman–Crippen MR) is 90.3 cm³/mol. The summed E-state index contributed by atoms with van der Waals surface area (Å²) in [5.41, 5.74) is 4.43. The first-order chi connectivity index (χ1) is 11.1. The van der Waals surface area contributed by atoms with Gasteiger partial charge in [0.25, 0.3) is 5.91 Å². The van der Waals surface area contributed by atoms with Gasteiger partial charge in [0.1, 0.15) is 5.56 Å². The number of hydrogen-bond acceptors (Lipinski definition) is 2. The van der Waals surface area contributed by atoms with Crippen molar-refractivity contribution < 1.29 is 4.79 Å². The lowest BCUT2D eigenvalue weighted by Gasteiger charge is -2.19. The molecule has 0 spiro atoms. The van der Waals surface area contributed by atoms with Gasteiger partial charge >= 0.3 is 0 Å². The molecule has 23 heavy (non-hydrogen) atoms. The summed E-state index contributed by atoms with van der Waals surface area (Å²) in [7, 11) is 0. The van der Waals surface area contributed by atoms with Gasteiger partial charge in [-0.2, -0.15) is 0 Å². The summed E-state index contributed by atoms with van der Waals surface area (Å²) in [5, 5.41) is 0. The van der Waals surface area contributed by atoms with Crippen LogP contribution in [0.15, 0.2) is 35.3 Å². The first-order valence-electron chi connectivity index (χ1n) is 8.19. The SMILES string of the molecule is Cc1cccc2c1CCN2C(=O)c1cn(C2CC2)c(C)cc1=O. The Morgan fingerprint density at radius 2 is 2.00 bits per heavy atom. The van der Waals surface area contributed by atoms with Gasteiger partial charge in [-0.05, 0) is 50.3 Å². The monoisotopic (exact) mass is 308 g/mol. The van der Waals surface area contributed by atoms with Gasteiger partial charge in [0.05, 0.1) is 0 Å². The van der Waals surface area contributed by atoms with E-state index in [-0.39, 0.29) is 16.9 Å². The summed E-state index contributed by atoms with van der Waals surface area (Å²) in [6.07, 6.45) is 4.88. The van der Waals surface area contributed by atoms with E-state index >= 15 is 0 Å². The molecular formula is C19H20N2O2. The number of nitrogens with zero attached hydrogens (tertiary/aromatic N) is 2.